The molecule has 0 saturated carbocycles. The number of piperazine rings is 1. The van der Waals surface area contributed by atoms with Gasteiger partial charge in [0.15, 0.2) is 0 Å². The monoisotopic (exact) mass is 395 g/mol. The number of hydrogen-bond donors (Lipinski definition) is 1. The van der Waals surface area contributed by atoms with E-state index in [0.29, 0.717) is 11.6 Å². The summed E-state index contributed by atoms with van der Waals surface area (Å²) in [5.74, 6) is 0.793. The Balaban J connectivity index is 1.31. The highest BCUT2D eigenvalue weighted by atomic mass is 35.5. The molecule has 0 atom stereocenters. The molecule has 1 aliphatic heterocycles. The molecule has 0 aliphatic carbocycles. The molecule has 4 rings (SSSR count). The van der Waals surface area contributed by atoms with Crippen molar-refractivity contribution in [3.63, 3.8) is 0 Å². The zero-order valence-corrected chi connectivity index (χ0v) is 16.8. The molecule has 28 heavy (non-hydrogen) atoms. The van der Waals surface area contributed by atoms with Crippen molar-refractivity contribution >= 4 is 28.2 Å². The van der Waals surface area contributed by atoms with Crippen LogP contribution in [-0.2, 0) is 6.42 Å². The first kappa shape index (κ1) is 18.9. The molecular weight excluding hydrogens is 370 g/mol. The zero-order chi connectivity index (χ0) is 19.3. The molecule has 1 N–H and O–H groups in total. The summed E-state index contributed by atoms with van der Waals surface area (Å²) in [6.07, 6.45) is 4.65. The van der Waals surface area contributed by atoms with E-state index in [1.807, 2.05) is 30.5 Å². The first-order chi connectivity index (χ1) is 13.8. The number of fused-ring (bicyclic) bond motifs is 1. The largest absolute Gasteiger partial charge is 0.490 e. The quantitative estimate of drug-likeness (QED) is 0.586. The van der Waals surface area contributed by atoms with E-state index in [9.17, 15) is 0 Å². The van der Waals surface area contributed by atoms with Crippen LogP contribution in [0.4, 0.5) is 5.69 Å². The van der Waals surface area contributed by atoms with Gasteiger partial charge in [-0.25, -0.2) is 0 Å². The smallest absolute Gasteiger partial charge is 0.141 e. The number of nitrogens with one attached hydrogen (secondary N) is 1. The van der Waals surface area contributed by atoms with Gasteiger partial charge in [-0.3, -0.25) is 4.90 Å². The van der Waals surface area contributed by atoms with Crippen LogP contribution in [0.3, 0.4) is 0 Å². The predicted octanol–water partition coefficient (Wildman–Crippen LogP) is 4.75. The standard InChI is InChI=1S/C23H26ClN3O/c1-2-5-18-6-3-7-20(24)23(18)28-17-16-26-12-14-27(15-13-26)22-9-4-8-21-19(22)10-11-25-21/h2-4,6-11,25H,1,5,12-17H2. The van der Waals surface area contributed by atoms with E-state index in [1.165, 1.54) is 16.6 Å². The molecule has 0 amide bonds. The Morgan fingerprint density at radius 3 is 2.71 bits per heavy atom. The maximum Gasteiger partial charge on any atom is 0.141 e. The number of aromatic nitrogens is 1. The highest BCUT2D eigenvalue weighted by Gasteiger charge is 2.19. The average molecular weight is 396 g/mol. The molecule has 1 fully saturated rings. The van der Waals surface area contributed by atoms with Crippen LogP contribution in [0.2, 0.25) is 5.02 Å². The summed E-state index contributed by atoms with van der Waals surface area (Å²) in [5, 5.41) is 1.97. The Morgan fingerprint density at radius 2 is 1.89 bits per heavy atom. The molecule has 0 radical (unpaired) electrons. The van der Waals surface area contributed by atoms with E-state index in [0.717, 1.165) is 50.5 Å². The molecule has 1 saturated heterocycles. The van der Waals surface area contributed by atoms with Crippen molar-refractivity contribution in [2.24, 2.45) is 0 Å². The van der Waals surface area contributed by atoms with Gasteiger partial charge in [-0.05, 0) is 36.2 Å². The average Bonchev–Trinajstić information content (AvgIpc) is 3.20. The predicted molar refractivity (Wildman–Crippen MR) is 118 cm³/mol. The van der Waals surface area contributed by atoms with E-state index >= 15 is 0 Å². The molecule has 0 bridgehead atoms. The van der Waals surface area contributed by atoms with Gasteiger partial charge < -0.3 is 14.6 Å². The molecule has 1 aromatic heterocycles. The zero-order valence-electron chi connectivity index (χ0n) is 16.0. The lowest BCUT2D eigenvalue weighted by Crippen LogP contribution is -2.47. The lowest BCUT2D eigenvalue weighted by Gasteiger charge is -2.36. The fourth-order valence-corrected chi connectivity index (χ4v) is 4.11. The van der Waals surface area contributed by atoms with Crippen LogP contribution in [0.25, 0.3) is 10.9 Å². The van der Waals surface area contributed by atoms with Gasteiger partial charge in [-0.15, -0.1) is 6.58 Å². The summed E-state index contributed by atoms with van der Waals surface area (Å²) in [6, 6.07) is 14.5. The normalized spacial score (nSPS) is 15.1. The third-order valence-electron chi connectivity index (χ3n) is 5.35. The van der Waals surface area contributed by atoms with Crippen molar-refractivity contribution in [3.05, 3.63) is 71.9 Å². The highest BCUT2D eigenvalue weighted by Crippen LogP contribution is 2.29. The number of benzene rings is 2. The SMILES string of the molecule is C=CCc1cccc(Cl)c1OCCN1CCN(c2cccc3[nH]ccc23)CC1. The molecule has 1 aliphatic rings. The second-order valence-corrected chi connectivity index (χ2v) is 7.52. The van der Waals surface area contributed by atoms with E-state index in [-0.39, 0.29) is 0 Å². The van der Waals surface area contributed by atoms with Crippen LogP contribution in [-0.4, -0.2) is 49.2 Å². The van der Waals surface area contributed by atoms with Crippen LogP contribution in [0, 0.1) is 0 Å². The number of hydrogen-bond acceptors (Lipinski definition) is 3. The van der Waals surface area contributed by atoms with Crippen LogP contribution in [0.5, 0.6) is 5.75 Å². The highest BCUT2D eigenvalue weighted by molar-refractivity contribution is 6.32. The van der Waals surface area contributed by atoms with Gasteiger partial charge in [0.05, 0.1) is 5.02 Å². The molecule has 2 aromatic carbocycles. The number of anilines is 1. The van der Waals surface area contributed by atoms with Gasteiger partial charge in [0, 0.05) is 55.5 Å². The molecule has 0 spiro atoms. The van der Waals surface area contributed by atoms with E-state index in [1.54, 1.807) is 0 Å². The molecule has 146 valence electrons. The Hall–Kier alpha value is -2.43. The first-order valence-electron chi connectivity index (χ1n) is 9.81. The van der Waals surface area contributed by atoms with Gasteiger partial charge in [-0.1, -0.05) is 35.9 Å². The molecule has 3 aromatic rings. The van der Waals surface area contributed by atoms with E-state index < -0.39 is 0 Å². The maximum atomic E-state index is 6.33. The number of nitrogens with zero attached hydrogens (tertiary/aromatic N) is 2. The number of allylic oxidation sites excluding steroid dienone is 1. The second-order valence-electron chi connectivity index (χ2n) is 7.11. The van der Waals surface area contributed by atoms with Crippen molar-refractivity contribution in [1.29, 1.82) is 0 Å². The number of halogens is 1. The summed E-state index contributed by atoms with van der Waals surface area (Å²) in [5.41, 5.74) is 3.61. The van der Waals surface area contributed by atoms with E-state index in [2.05, 4.69) is 45.6 Å². The van der Waals surface area contributed by atoms with Crippen LogP contribution < -0.4 is 9.64 Å². The Morgan fingerprint density at radius 1 is 1.07 bits per heavy atom. The third-order valence-corrected chi connectivity index (χ3v) is 5.65. The maximum absolute atomic E-state index is 6.33. The summed E-state index contributed by atoms with van der Waals surface area (Å²) in [7, 11) is 0. The van der Waals surface area contributed by atoms with Gasteiger partial charge in [-0.2, -0.15) is 0 Å². The number of ether oxygens (including phenoxy) is 1. The Kier molecular flexibility index (Phi) is 5.89. The number of para-hydroxylation sites is 1. The minimum Gasteiger partial charge on any atom is -0.490 e. The third kappa shape index (κ3) is 4.03. The van der Waals surface area contributed by atoms with Gasteiger partial charge in [0.1, 0.15) is 12.4 Å². The lowest BCUT2D eigenvalue weighted by molar-refractivity contribution is 0.200. The lowest BCUT2D eigenvalue weighted by atomic mass is 10.1. The summed E-state index contributed by atoms with van der Waals surface area (Å²) in [4.78, 5) is 8.23. The van der Waals surface area contributed by atoms with Crippen molar-refractivity contribution in [1.82, 2.24) is 9.88 Å². The molecule has 5 heteroatoms. The number of rotatable bonds is 7. The molecule has 0 unspecified atom stereocenters. The van der Waals surface area contributed by atoms with Crippen molar-refractivity contribution in [2.75, 3.05) is 44.2 Å². The summed E-state index contributed by atoms with van der Waals surface area (Å²) in [6.45, 7) is 9.48. The molecule has 2 heterocycles. The number of H-pyrrole nitrogens is 1. The minimum absolute atomic E-state index is 0.640. The second kappa shape index (κ2) is 8.72. The van der Waals surface area contributed by atoms with Gasteiger partial charge >= 0.3 is 0 Å². The fraction of sp³-hybridized carbons (Fsp3) is 0.304. The minimum atomic E-state index is 0.640. The molecular formula is C23H26ClN3O. The fourth-order valence-electron chi connectivity index (χ4n) is 3.87. The van der Waals surface area contributed by atoms with Crippen LogP contribution in [0.1, 0.15) is 5.56 Å². The van der Waals surface area contributed by atoms with Crippen molar-refractivity contribution in [3.8, 4) is 5.75 Å². The Labute approximate surface area is 171 Å². The van der Waals surface area contributed by atoms with Crippen LogP contribution in [0.15, 0.2) is 61.3 Å². The van der Waals surface area contributed by atoms with Crippen molar-refractivity contribution < 1.29 is 4.74 Å². The van der Waals surface area contributed by atoms with Crippen LogP contribution >= 0.6 is 11.6 Å². The summed E-state index contributed by atoms with van der Waals surface area (Å²) < 4.78 is 6.04. The van der Waals surface area contributed by atoms with E-state index in [4.69, 9.17) is 16.3 Å². The van der Waals surface area contributed by atoms with Gasteiger partial charge in [0.25, 0.3) is 0 Å². The van der Waals surface area contributed by atoms with Crippen molar-refractivity contribution in [2.45, 2.75) is 6.42 Å². The first-order valence-corrected chi connectivity index (χ1v) is 10.2. The topological polar surface area (TPSA) is 31.5 Å². The molecule has 4 nitrogen and oxygen atoms in total. The number of aromatic amines is 1. The Bertz CT molecular complexity index is 944. The van der Waals surface area contributed by atoms with Gasteiger partial charge in [0.2, 0.25) is 0 Å². The summed E-state index contributed by atoms with van der Waals surface area (Å²) >= 11 is 6.33.